The molecule has 0 heterocycles. The Morgan fingerprint density at radius 3 is 2.38 bits per heavy atom. The summed E-state index contributed by atoms with van der Waals surface area (Å²) in [6, 6.07) is 2.89. The molecule has 0 fully saturated rings. The number of hydrogen-bond donors (Lipinski definition) is 0. The van der Waals surface area contributed by atoms with Crippen LogP contribution in [0.4, 0.5) is 8.78 Å². The smallest absolute Gasteiger partial charge is 0.162 e. The molecule has 0 spiro atoms. The first-order valence-corrected chi connectivity index (χ1v) is 4.66. The number of aryl methyl sites for hydroxylation is 1. The second-order valence-corrected chi connectivity index (χ2v) is 3.10. The first-order valence-electron chi connectivity index (χ1n) is 4.66. The van der Waals surface area contributed by atoms with Crippen LogP contribution < -0.4 is 0 Å². The zero-order valence-corrected chi connectivity index (χ0v) is 8.03. The molecule has 0 unspecified atom stereocenters. The highest BCUT2D eigenvalue weighted by Crippen LogP contribution is 2.18. The van der Waals surface area contributed by atoms with E-state index in [1.807, 2.05) is 13.8 Å². The third-order valence-corrected chi connectivity index (χ3v) is 2.17. The molecule has 0 aliphatic carbocycles. The number of benzene rings is 1. The van der Waals surface area contributed by atoms with Crippen LogP contribution in [0.25, 0.3) is 0 Å². The van der Waals surface area contributed by atoms with Gasteiger partial charge < -0.3 is 0 Å². The summed E-state index contributed by atoms with van der Waals surface area (Å²) in [5, 5.41) is 0. The molecular weight excluding hydrogens is 170 g/mol. The van der Waals surface area contributed by atoms with E-state index in [-0.39, 0.29) is 0 Å². The molecule has 0 saturated carbocycles. The Hall–Kier alpha value is -0.920. The minimum Gasteiger partial charge on any atom is -0.204 e. The van der Waals surface area contributed by atoms with E-state index >= 15 is 0 Å². The van der Waals surface area contributed by atoms with Gasteiger partial charge in [-0.25, -0.2) is 8.78 Å². The summed E-state index contributed by atoms with van der Waals surface area (Å²) < 4.78 is 26.0. The molecule has 2 heteroatoms. The Kier molecular flexibility index (Phi) is 3.40. The lowest BCUT2D eigenvalue weighted by Crippen LogP contribution is -1.99. The fourth-order valence-electron chi connectivity index (χ4n) is 1.52. The van der Waals surface area contributed by atoms with Crippen molar-refractivity contribution >= 4 is 0 Å². The van der Waals surface area contributed by atoms with E-state index in [9.17, 15) is 8.78 Å². The quantitative estimate of drug-likeness (QED) is 0.674. The van der Waals surface area contributed by atoms with Crippen LogP contribution in [0.15, 0.2) is 12.1 Å². The van der Waals surface area contributed by atoms with E-state index in [1.165, 1.54) is 6.07 Å². The van der Waals surface area contributed by atoms with Gasteiger partial charge in [0.1, 0.15) is 0 Å². The number of rotatable bonds is 3. The van der Waals surface area contributed by atoms with Crippen LogP contribution in [-0.2, 0) is 12.8 Å². The Morgan fingerprint density at radius 1 is 1.15 bits per heavy atom. The molecule has 13 heavy (non-hydrogen) atoms. The predicted octanol–water partition coefficient (Wildman–Crippen LogP) is 3.48. The lowest BCUT2D eigenvalue weighted by molar-refractivity contribution is 0.497. The summed E-state index contributed by atoms with van der Waals surface area (Å²) >= 11 is 0. The van der Waals surface area contributed by atoms with Crippen LogP contribution >= 0.6 is 0 Å². The Bertz CT molecular complexity index is 292. The van der Waals surface area contributed by atoms with Crippen molar-refractivity contribution in [2.45, 2.75) is 33.1 Å². The van der Waals surface area contributed by atoms with Crippen molar-refractivity contribution in [3.05, 3.63) is 34.9 Å². The monoisotopic (exact) mass is 184 g/mol. The largest absolute Gasteiger partial charge is 0.204 e. The van der Waals surface area contributed by atoms with Crippen molar-refractivity contribution in [1.82, 2.24) is 0 Å². The Morgan fingerprint density at radius 2 is 1.85 bits per heavy atom. The first kappa shape index (κ1) is 10.2. The van der Waals surface area contributed by atoms with Gasteiger partial charge in [-0.2, -0.15) is 0 Å². The van der Waals surface area contributed by atoms with Gasteiger partial charge in [0.15, 0.2) is 11.6 Å². The van der Waals surface area contributed by atoms with Crippen LogP contribution in [0.3, 0.4) is 0 Å². The lowest BCUT2D eigenvalue weighted by Gasteiger charge is -2.07. The SMILES string of the molecule is CCCc1ccc(F)c(F)c1CC. The molecule has 1 rings (SSSR count). The van der Waals surface area contributed by atoms with Gasteiger partial charge in [-0.05, 0) is 30.0 Å². The normalized spacial score (nSPS) is 10.5. The zero-order chi connectivity index (χ0) is 9.84. The average Bonchev–Trinajstić information content (AvgIpc) is 2.12. The van der Waals surface area contributed by atoms with Gasteiger partial charge in [-0.15, -0.1) is 0 Å². The maximum absolute atomic E-state index is 13.2. The summed E-state index contributed by atoms with van der Waals surface area (Å²) in [5.41, 5.74) is 1.46. The highest BCUT2D eigenvalue weighted by Gasteiger charge is 2.10. The number of hydrogen-bond acceptors (Lipinski definition) is 0. The molecule has 0 aliphatic heterocycles. The molecule has 0 atom stereocenters. The van der Waals surface area contributed by atoms with Gasteiger partial charge in [0.25, 0.3) is 0 Å². The Balaban J connectivity index is 3.13. The van der Waals surface area contributed by atoms with Crippen LogP contribution in [0.1, 0.15) is 31.4 Å². The van der Waals surface area contributed by atoms with Gasteiger partial charge >= 0.3 is 0 Å². The summed E-state index contributed by atoms with van der Waals surface area (Å²) in [7, 11) is 0. The highest BCUT2D eigenvalue weighted by molar-refractivity contribution is 5.29. The maximum atomic E-state index is 13.2. The highest BCUT2D eigenvalue weighted by atomic mass is 19.2. The fraction of sp³-hybridized carbons (Fsp3) is 0.455. The lowest BCUT2D eigenvalue weighted by atomic mass is 10.0. The van der Waals surface area contributed by atoms with Crippen molar-refractivity contribution in [2.24, 2.45) is 0 Å². The van der Waals surface area contributed by atoms with Crippen LogP contribution in [0.2, 0.25) is 0 Å². The van der Waals surface area contributed by atoms with Crippen molar-refractivity contribution in [3.8, 4) is 0 Å². The molecular formula is C11H14F2. The zero-order valence-electron chi connectivity index (χ0n) is 8.03. The van der Waals surface area contributed by atoms with Crippen LogP contribution in [-0.4, -0.2) is 0 Å². The molecule has 0 N–H and O–H groups in total. The molecule has 0 nitrogen and oxygen atoms in total. The molecule has 0 radical (unpaired) electrons. The second kappa shape index (κ2) is 4.35. The third kappa shape index (κ3) is 2.06. The summed E-state index contributed by atoms with van der Waals surface area (Å²) in [5.74, 6) is -1.41. The van der Waals surface area contributed by atoms with Crippen molar-refractivity contribution in [1.29, 1.82) is 0 Å². The van der Waals surface area contributed by atoms with Gasteiger partial charge in [0, 0.05) is 0 Å². The van der Waals surface area contributed by atoms with E-state index in [1.54, 1.807) is 6.07 Å². The molecule has 72 valence electrons. The minimum atomic E-state index is -0.739. The molecule has 0 amide bonds. The third-order valence-electron chi connectivity index (χ3n) is 2.17. The molecule has 1 aromatic rings. The maximum Gasteiger partial charge on any atom is 0.162 e. The van der Waals surface area contributed by atoms with E-state index in [0.717, 1.165) is 18.4 Å². The second-order valence-electron chi connectivity index (χ2n) is 3.10. The Labute approximate surface area is 77.6 Å². The minimum absolute atomic E-state index is 0.529. The average molecular weight is 184 g/mol. The topological polar surface area (TPSA) is 0 Å². The first-order chi connectivity index (χ1) is 6.20. The van der Waals surface area contributed by atoms with Crippen LogP contribution in [0, 0.1) is 11.6 Å². The van der Waals surface area contributed by atoms with E-state index in [2.05, 4.69) is 0 Å². The standard InChI is InChI=1S/C11H14F2/c1-3-5-8-6-7-10(12)11(13)9(8)4-2/h6-7H,3-5H2,1-2H3. The van der Waals surface area contributed by atoms with E-state index in [0.29, 0.717) is 12.0 Å². The molecule has 1 aromatic carbocycles. The fourth-order valence-corrected chi connectivity index (χ4v) is 1.52. The van der Waals surface area contributed by atoms with Crippen molar-refractivity contribution in [2.75, 3.05) is 0 Å². The van der Waals surface area contributed by atoms with Crippen molar-refractivity contribution in [3.63, 3.8) is 0 Å². The van der Waals surface area contributed by atoms with Crippen molar-refractivity contribution < 1.29 is 8.78 Å². The van der Waals surface area contributed by atoms with Gasteiger partial charge in [0.05, 0.1) is 0 Å². The molecule has 0 saturated heterocycles. The van der Waals surface area contributed by atoms with Gasteiger partial charge in [-0.1, -0.05) is 26.3 Å². The van der Waals surface area contributed by atoms with Gasteiger partial charge in [-0.3, -0.25) is 0 Å². The number of halogens is 2. The molecule has 0 aliphatic rings. The van der Waals surface area contributed by atoms with E-state index in [4.69, 9.17) is 0 Å². The summed E-state index contributed by atoms with van der Waals surface area (Å²) in [6.45, 7) is 3.87. The molecule has 0 bridgehead atoms. The summed E-state index contributed by atoms with van der Waals surface area (Å²) in [6.07, 6.45) is 2.33. The van der Waals surface area contributed by atoms with Crippen LogP contribution in [0.5, 0.6) is 0 Å². The predicted molar refractivity (Wildman–Crippen MR) is 49.7 cm³/mol. The van der Waals surface area contributed by atoms with E-state index < -0.39 is 11.6 Å². The molecule has 0 aromatic heterocycles. The van der Waals surface area contributed by atoms with Gasteiger partial charge in [0.2, 0.25) is 0 Å². The summed E-state index contributed by atoms with van der Waals surface area (Å²) in [4.78, 5) is 0.